The van der Waals surface area contributed by atoms with Crippen molar-refractivity contribution in [2.45, 2.75) is 32.7 Å². The average molecular weight is 326 g/mol. The minimum Gasteiger partial charge on any atom is -0.314 e. The van der Waals surface area contributed by atoms with Crippen LogP contribution in [0.5, 0.6) is 0 Å². The van der Waals surface area contributed by atoms with Crippen molar-refractivity contribution >= 4 is 15.9 Å². The Kier molecular flexibility index (Phi) is 5.79. The van der Waals surface area contributed by atoms with E-state index < -0.39 is 0 Å². The lowest BCUT2D eigenvalue weighted by atomic mass is 9.97. The summed E-state index contributed by atoms with van der Waals surface area (Å²) in [7, 11) is 0. The first-order valence-corrected chi connectivity index (χ1v) is 8.03. The smallest absolute Gasteiger partial charge is 0.110 e. The summed E-state index contributed by atoms with van der Waals surface area (Å²) in [6.45, 7) is 9.04. The van der Waals surface area contributed by atoms with E-state index in [1.54, 1.807) is 0 Å². The maximum absolute atomic E-state index is 4.40. The van der Waals surface area contributed by atoms with Crippen LogP contribution >= 0.6 is 15.9 Å². The Balaban J connectivity index is 2.15. The number of nitrogens with zero attached hydrogens (tertiary/aromatic N) is 2. The van der Waals surface area contributed by atoms with Crippen molar-refractivity contribution in [1.82, 2.24) is 15.2 Å². The second-order valence-corrected chi connectivity index (χ2v) is 6.41. The molecule has 4 heteroatoms. The van der Waals surface area contributed by atoms with E-state index in [0.29, 0.717) is 6.04 Å². The summed E-state index contributed by atoms with van der Waals surface area (Å²) in [6.07, 6.45) is 4.32. The first-order valence-electron chi connectivity index (χ1n) is 7.23. The Morgan fingerprint density at radius 3 is 2.68 bits per heavy atom. The van der Waals surface area contributed by atoms with Gasteiger partial charge >= 0.3 is 0 Å². The summed E-state index contributed by atoms with van der Waals surface area (Å²) in [5.74, 6) is 0.751. The van der Waals surface area contributed by atoms with E-state index in [1.807, 2.05) is 12.3 Å². The van der Waals surface area contributed by atoms with Crippen LogP contribution in [0.1, 0.15) is 38.3 Å². The Labute approximate surface area is 124 Å². The van der Waals surface area contributed by atoms with Crippen LogP contribution in [0.15, 0.2) is 22.9 Å². The van der Waals surface area contributed by atoms with Gasteiger partial charge in [-0.2, -0.15) is 0 Å². The fraction of sp³-hybridized carbons (Fsp3) is 0.667. The maximum atomic E-state index is 4.40. The molecular formula is C15H24BrN3. The molecule has 3 nitrogen and oxygen atoms in total. The molecule has 0 radical (unpaired) electrons. The molecule has 0 spiro atoms. The highest BCUT2D eigenvalue weighted by Crippen LogP contribution is 2.31. The van der Waals surface area contributed by atoms with Gasteiger partial charge in [0.05, 0.1) is 0 Å². The number of rotatable bonds is 5. The lowest BCUT2D eigenvalue weighted by Crippen LogP contribution is -2.45. The summed E-state index contributed by atoms with van der Waals surface area (Å²) in [5, 5.41) is 3.43. The van der Waals surface area contributed by atoms with Gasteiger partial charge in [-0.25, -0.2) is 4.98 Å². The van der Waals surface area contributed by atoms with Crippen LogP contribution in [0.25, 0.3) is 0 Å². The minimum atomic E-state index is 0.493. The Morgan fingerprint density at radius 1 is 1.32 bits per heavy atom. The molecule has 1 fully saturated rings. The van der Waals surface area contributed by atoms with E-state index in [-0.39, 0.29) is 0 Å². The summed E-state index contributed by atoms with van der Waals surface area (Å²) >= 11 is 3.62. The van der Waals surface area contributed by atoms with Gasteiger partial charge in [-0.3, -0.25) is 4.90 Å². The van der Waals surface area contributed by atoms with Crippen LogP contribution < -0.4 is 5.32 Å². The Bertz CT molecular complexity index is 389. The lowest BCUT2D eigenvalue weighted by Gasteiger charge is -2.35. The van der Waals surface area contributed by atoms with Crippen LogP contribution in [-0.2, 0) is 0 Å². The van der Waals surface area contributed by atoms with Crippen molar-refractivity contribution in [3.05, 3.63) is 28.5 Å². The van der Waals surface area contributed by atoms with Gasteiger partial charge < -0.3 is 5.32 Å². The van der Waals surface area contributed by atoms with E-state index in [9.17, 15) is 0 Å². The molecule has 1 aliphatic rings. The first kappa shape index (κ1) is 14.9. The number of aromatic nitrogens is 1. The molecule has 1 atom stereocenters. The van der Waals surface area contributed by atoms with Crippen LogP contribution in [0.2, 0.25) is 0 Å². The van der Waals surface area contributed by atoms with E-state index >= 15 is 0 Å². The van der Waals surface area contributed by atoms with Gasteiger partial charge in [0.25, 0.3) is 0 Å². The largest absolute Gasteiger partial charge is 0.314 e. The van der Waals surface area contributed by atoms with Crippen molar-refractivity contribution < 1.29 is 0 Å². The molecular weight excluding hydrogens is 302 g/mol. The Morgan fingerprint density at radius 2 is 2.05 bits per heavy atom. The molecule has 0 unspecified atom stereocenters. The van der Waals surface area contributed by atoms with Crippen LogP contribution in [0.3, 0.4) is 0 Å². The van der Waals surface area contributed by atoms with Crippen molar-refractivity contribution in [2.24, 2.45) is 5.92 Å². The SMILES string of the molecule is CC(C)CC[C@@H](c1cccnc1Br)N1CCNCC1. The molecule has 1 saturated heterocycles. The number of hydrogen-bond donors (Lipinski definition) is 1. The first-order chi connectivity index (χ1) is 9.18. The van der Waals surface area contributed by atoms with Gasteiger partial charge in [-0.15, -0.1) is 0 Å². The van der Waals surface area contributed by atoms with Crippen LogP contribution in [0.4, 0.5) is 0 Å². The molecule has 1 aliphatic heterocycles. The minimum absolute atomic E-state index is 0.493. The highest BCUT2D eigenvalue weighted by Gasteiger charge is 2.24. The molecule has 1 aromatic heterocycles. The van der Waals surface area contributed by atoms with Gasteiger partial charge in [-0.05, 0) is 40.8 Å². The van der Waals surface area contributed by atoms with Gasteiger partial charge in [0.1, 0.15) is 4.60 Å². The highest BCUT2D eigenvalue weighted by molar-refractivity contribution is 9.10. The van der Waals surface area contributed by atoms with Gasteiger partial charge in [-0.1, -0.05) is 19.9 Å². The van der Waals surface area contributed by atoms with E-state index in [4.69, 9.17) is 0 Å². The van der Waals surface area contributed by atoms with E-state index in [0.717, 1.165) is 36.7 Å². The van der Waals surface area contributed by atoms with Gasteiger partial charge in [0.2, 0.25) is 0 Å². The zero-order valence-corrected chi connectivity index (χ0v) is 13.5. The molecule has 1 aromatic rings. The molecule has 0 aromatic carbocycles. The van der Waals surface area contributed by atoms with Crippen molar-refractivity contribution in [1.29, 1.82) is 0 Å². The summed E-state index contributed by atoms with van der Waals surface area (Å²) in [5.41, 5.74) is 1.34. The normalized spacial score (nSPS) is 18.7. The predicted molar refractivity (Wildman–Crippen MR) is 83.2 cm³/mol. The zero-order valence-electron chi connectivity index (χ0n) is 11.9. The number of piperazine rings is 1. The maximum Gasteiger partial charge on any atom is 0.110 e. The number of halogens is 1. The third-order valence-corrected chi connectivity index (χ3v) is 4.42. The third-order valence-electron chi connectivity index (χ3n) is 3.76. The highest BCUT2D eigenvalue weighted by atomic mass is 79.9. The fourth-order valence-electron chi connectivity index (χ4n) is 2.67. The molecule has 0 aliphatic carbocycles. The molecule has 0 saturated carbocycles. The van der Waals surface area contributed by atoms with E-state index in [2.05, 4.69) is 51.0 Å². The fourth-order valence-corrected chi connectivity index (χ4v) is 3.18. The quantitative estimate of drug-likeness (QED) is 0.842. The van der Waals surface area contributed by atoms with Crippen molar-refractivity contribution in [2.75, 3.05) is 26.2 Å². The van der Waals surface area contributed by atoms with Gasteiger partial charge in [0, 0.05) is 44.0 Å². The zero-order chi connectivity index (χ0) is 13.7. The number of pyridine rings is 1. The standard InChI is InChI=1S/C15H24BrN3/c1-12(2)5-6-14(19-10-8-17-9-11-19)13-4-3-7-18-15(13)16/h3-4,7,12,14,17H,5-6,8-11H2,1-2H3/t14-/m0/s1. The second kappa shape index (κ2) is 7.36. The average Bonchev–Trinajstić information content (AvgIpc) is 2.42. The molecule has 2 heterocycles. The predicted octanol–water partition coefficient (Wildman–Crippen LogP) is 3.23. The molecule has 0 amide bonds. The molecule has 2 rings (SSSR count). The molecule has 106 valence electrons. The van der Waals surface area contributed by atoms with Crippen LogP contribution in [-0.4, -0.2) is 36.1 Å². The van der Waals surface area contributed by atoms with Crippen molar-refractivity contribution in [3.63, 3.8) is 0 Å². The number of nitrogens with one attached hydrogen (secondary N) is 1. The lowest BCUT2D eigenvalue weighted by molar-refractivity contribution is 0.159. The van der Waals surface area contributed by atoms with Crippen molar-refractivity contribution in [3.8, 4) is 0 Å². The third kappa shape index (κ3) is 4.26. The summed E-state index contributed by atoms with van der Waals surface area (Å²) in [6, 6.07) is 4.75. The molecule has 19 heavy (non-hydrogen) atoms. The summed E-state index contributed by atoms with van der Waals surface area (Å²) < 4.78 is 1.00. The molecule has 0 bridgehead atoms. The topological polar surface area (TPSA) is 28.2 Å². The Hall–Kier alpha value is -0.450. The van der Waals surface area contributed by atoms with Crippen LogP contribution in [0, 0.1) is 5.92 Å². The van der Waals surface area contributed by atoms with Gasteiger partial charge in [0.15, 0.2) is 0 Å². The number of hydrogen-bond acceptors (Lipinski definition) is 3. The van der Waals surface area contributed by atoms with E-state index in [1.165, 1.54) is 18.4 Å². The monoisotopic (exact) mass is 325 g/mol. The molecule has 1 N–H and O–H groups in total. The summed E-state index contributed by atoms with van der Waals surface area (Å²) in [4.78, 5) is 6.99. The second-order valence-electron chi connectivity index (χ2n) is 5.66.